The van der Waals surface area contributed by atoms with E-state index >= 15 is 0 Å². The van der Waals surface area contributed by atoms with Crippen LogP contribution in [0.15, 0.2) is 53.4 Å². The van der Waals surface area contributed by atoms with Crippen LogP contribution < -0.4 is 0 Å². The van der Waals surface area contributed by atoms with Crippen molar-refractivity contribution >= 4 is 39.1 Å². The molecular formula is C27H31Cl2N5O4S. The first kappa shape index (κ1) is 28.1. The maximum absolute atomic E-state index is 13.0. The molecule has 3 aromatic rings. The highest BCUT2D eigenvalue weighted by Gasteiger charge is 2.31. The zero-order chi connectivity index (χ0) is 27.7. The smallest absolute Gasteiger partial charge is 0.244 e. The highest BCUT2D eigenvalue weighted by molar-refractivity contribution is 7.89. The van der Waals surface area contributed by atoms with Crippen LogP contribution in [0.2, 0.25) is 10.0 Å². The van der Waals surface area contributed by atoms with Crippen molar-refractivity contribution in [3.63, 3.8) is 0 Å². The third-order valence-electron chi connectivity index (χ3n) is 7.34. The van der Waals surface area contributed by atoms with Crippen molar-refractivity contribution in [3.8, 4) is 11.3 Å². The van der Waals surface area contributed by atoms with E-state index in [9.17, 15) is 18.3 Å². The zero-order valence-electron chi connectivity index (χ0n) is 21.6. The summed E-state index contributed by atoms with van der Waals surface area (Å²) in [6, 6.07) is 13.9. The predicted octanol–water partition coefficient (Wildman–Crippen LogP) is 3.13. The third-order valence-corrected chi connectivity index (χ3v) is 9.99. The lowest BCUT2D eigenvalue weighted by molar-refractivity contribution is -0.129. The molecule has 9 nitrogen and oxygen atoms in total. The molecule has 0 spiro atoms. The highest BCUT2D eigenvalue weighted by Crippen LogP contribution is 2.31. The molecule has 3 heterocycles. The number of hydrogen-bond donors (Lipinski definition) is 1. The van der Waals surface area contributed by atoms with Crippen molar-refractivity contribution < 1.29 is 18.3 Å². The standard InChI is InChI=1S/C27H31Cl2N5O4S/c1-19(35)32-11-10-25-23(18-32)27(20-6-8-21(28)9-7-20)30-34(25)17-22(36)16-31-12-14-33(15-13-31)39(37,38)26-5-3-2-4-24(26)29/h2-9,22,36H,10-18H2,1H3. The fraction of sp³-hybridized carbons (Fsp3) is 0.407. The normalized spacial score (nSPS) is 17.7. The molecule has 0 saturated carbocycles. The Morgan fingerprint density at radius 2 is 1.69 bits per heavy atom. The van der Waals surface area contributed by atoms with Gasteiger partial charge in [-0.1, -0.05) is 47.5 Å². The molecule has 39 heavy (non-hydrogen) atoms. The molecule has 1 N–H and O–H groups in total. The molecule has 1 saturated heterocycles. The number of amides is 1. The summed E-state index contributed by atoms with van der Waals surface area (Å²) in [4.78, 5) is 16.1. The summed E-state index contributed by atoms with van der Waals surface area (Å²) in [7, 11) is -3.68. The molecule has 2 aliphatic rings. The summed E-state index contributed by atoms with van der Waals surface area (Å²) in [6.45, 7) is 4.98. The molecule has 1 fully saturated rings. The Kier molecular flexibility index (Phi) is 8.32. The number of aliphatic hydroxyl groups excluding tert-OH is 1. The van der Waals surface area contributed by atoms with Gasteiger partial charge in [0.2, 0.25) is 15.9 Å². The van der Waals surface area contributed by atoms with Gasteiger partial charge in [-0.2, -0.15) is 9.40 Å². The number of piperazine rings is 1. The van der Waals surface area contributed by atoms with Gasteiger partial charge in [0.1, 0.15) is 4.90 Å². The van der Waals surface area contributed by atoms with Gasteiger partial charge in [-0.25, -0.2) is 8.42 Å². The van der Waals surface area contributed by atoms with Gasteiger partial charge in [-0.15, -0.1) is 0 Å². The van der Waals surface area contributed by atoms with E-state index < -0.39 is 16.1 Å². The number of β-amino-alcohol motifs (C(OH)–C–C–N with tert-alkyl or cyclic N) is 1. The number of fused-ring (bicyclic) bond motifs is 1. The number of sulfonamides is 1. The van der Waals surface area contributed by atoms with Crippen LogP contribution in [0.25, 0.3) is 11.3 Å². The van der Waals surface area contributed by atoms with Crippen LogP contribution in [0.1, 0.15) is 18.2 Å². The molecular weight excluding hydrogens is 561 g/mol. The number of carbonyl (C=O) groups excluding carboxylic acids is 1. The number of carbonyl (C=O) groups is 1. The van der Waals surface area contributed by atoms with Gasteiger partial charge in [-0.05, 0) is 24.3 Å². The van der Waals surface area contributed by atoms with Crippen molar-refractivity contribution in [2.75, 3.05) is 39.3 Å². The minimum atomic E-state index is -3.68. The Labute approximate surface area is 238 Å². The van der Waals surface area contributed by atoms with Gasteiger partial charge in [0.25, 0.3) is 0 Å². The number of aromatic nitrogens is 2. The number of halogens is 2. The van der Waals surface area contributed by atoms with E-state index in [1.807, 2.05) is 28.9 Å². The largest absolute Gasteiger partial charge is 0.390 e. The van der Waals surface area contributed by atoms with Crippen LogP contribution in [0.3, 0.4) is 0 Å². The van der Waals surface area contributed by atoms with Crippen LogP contribution in [0.5, 0.6) is 0 Å². The predicted molar refractivity (Wildman–Crippen MR) is 150 cm³/mol. The Morgan fingerprint density at radius 3 is 2.36 bits per heavy atom. The van der Waals surface area contributed by atoms with Gasteiger partial charge >= 0.3 is 0 Å². The quantitative estimate of drug-likeness (QED) is 0.453. The van der Waals surface area contributed by atoms with Crippen molar-refractivity contribution in [2.24, 2.45) is 0 Å². The Balaban J connectivity index is 1.26. The summed E-state index contributed by atoms with van der Waals surface area (Å²) in [5, 5.41) is 16.7. The maximum atomic E-state index is 13.0. The van der Waals surface area contributed by atoms with Gasteiger partial charge in [0, 0.05) is 81.0 Å². The first-order valence-electron chi connectivity index (χ1n) is 12.9. The fourth-order valence-corrected chi connectivity index (χ4v) is 7.29. The van der Waals surface area contributed by atoms with E-state index in [4.69, 9.17) is 28.3 Å². The van der Waals surface area contributed by atoms with Crippen LogP contribution in [0.4, 0.5) is 0 Å². The second-order valence-corrected chi connectivity index (χ2v) is 12.7. The molecule has 1 amide bonds. The second-order valence-electron chi connectivity index (χ2n) is 9.94. The first-order valence-corrected chi connectivity index (χ1v) is 15.1. The van der Waals surface area contributed by atoms with E-state index in [1.54, 1.807) is 30.0 Å². The fourth-order valence-electron chi connectivity index (χ4n) is 5.25. The first-order chi connectivity index (χ1) is 18.6. The van der Waals surface area contributed by atoms with E-state index in [2.05, 4.69) is 4.90 Å². The molecule has 5 rings (SSSR count). The van der Waals surface area contributed by atoms with Gasteiger partial charge in [0.05, 0.1) is 23.4 Å². The summed E-state index contributed by atoms with van der Waals surface area (Å²) >= 11 is 12.2. The molecule has 1 unspecified atom stereocenters. The average Bonchev–Trinajstić information content (AvgIpc) is 3.27. The Morgan fingerprint density at radius 1 is 1.00 bits per heavy atom. The van der Waals surface area contributed by atoms with Gasteiger partial charge in [0.15, 0.2) is 0 Å². The molecule has 2 aliphatic heterocycles. The SMILES string of the molecule is CC(=O)N1CCc2c(c(-c3ccc(Cl)cc3)nn2CC(O)CN2CCN(S(=O)(=O)c3ccccc3Cl)CC2)C1. The molecule has 1 aromatic heterocycles. The van der Waals surface area contributed by atoms with E-state index in [1.165, 1.54) is 10.4 Å². The Bertz CT molecular complexity index is 1450. The maximum Gasteiger partial charge on any atom is 0.244 e. The number of nitrogens with zero attached hydrogens (tertiary/aromatic N) is 5. The van der Waals surface area contributed by atoms with Crippen LogP contribution >= 0.6 is 23.2 Å². The van der Waals surface area contributed by atoms with Gasteiger partial charge < -0.3 is 10.0 Å². The summed E-state index contributed by atoms with van der Waals surface area (Å²) in [5.74, 6) is 0.0196. The van der Waals surface area contributed by atoms with E-state index in [-0.39, 0.29) is 15.8 Å². The molecule has 208 valence electrons. The minimum absolute atomic E-state index is 0.0196. The number of rotatable bonds is 7. The summed E-state index contributed by atoms with van der Waals surface area (Å²) < 4.78 is 29.4. The molecule has 1 atom stereocenters. The van der Waals surface area contributed by atoms with Crippen molar-refractivity contribution in [2.45, 2.75) is 37.4 Å². The minimum Gasteiger partial charge on any atom is -0.390 e. The lowest BCUT2D eigenvalue weighted by atomic mass is 10.0. The summed E-state index contributed by atoms with van der Waals surface area (Å²) in [5.41, 5.74) is 3.71. The van der Waals surface area contributed by atoms with E-state index in [0.717, 1.165) is 22.5 Å². The Hall–Kier alpha value is -2.47. The lowest BCUT2D eigenvalue weighted by Gasteiger charge is -2.35. The van der Waals surface area contributed by atoms with Crippen LogP contribution in [-0.2, 0) is 34.3 Å². The molecule has 0 radical (unpaired) electrons. The highest BCUT2D eigenvalue weighted by atomic mass is 35.5. The summed E-state index contributed by atoms with van der Waals surface area (Å²) in [6.07, 6.45) is -0.0505. The van der Waals surface area contributed by atoms with Gasteiger partial charge in [-0.3, -0.25) is 14.4 Å². The van der Waals surface area contributed by atoms with Crippen LogP contribution in [0, 0.1) is 0 Å². The molecule has 2 aromatic carbocycles. The third kappa shape index (κ3) is 6.01. The second kappa shape index (κ2) is 11.6. The molecule has 12 heteroatoms. The monoisotopic (exact) mass is 591 g/mol. The van der Waals surface area contributed by atoms with E-state index in [0.29, 0.717) is 63.8 Å². The van der Waals surface area contributed by atoms with Crippen molar-refractivity contribution in [3.05, 3.63) is 69.8 Å². The van der Waals surface area contributed by atoms with Crippen molar-refractivity contribution in [1.82, 2.24) is 23.9 Å². The number of benzene rings is 2. The lowest BCUT2D eigenvalue weighted by Crippen LogP contribution is -2.50. The van der Waals surface area contributed by atoms with Crippen LogP contribution in [-0.4, -0.2) is 88.7 Å². The zero-order valence-corrected chi connectivity index (χ0v) is 24.0. The molecule has 0 aliphatic carbocycles. The number of aliphatic hydroxyl groups is 1. The average molecular weight is 593 g/mol. The molecule has 0 bridgehead atoms. The van der Waals surface area contributed by atoms with Crippen molar-refractivity contribution in [1.29, 1.82) is 0 Å². The number of hydrogen-bond acceptors (Lipinski definition) is 6. The topological polar surface area (TPSA) is 99.0 Å².